The van der Waals surface area contributed by atoms with E-state index < -0.39 is 0 Å². The number of rotatable bonds is 1. The van der Waals surface area contributed by atoms with Crippen LogP contribution in [0.1, 0.15) is 37.4 Å². The third-order valence-electron chi connectivity index (χ3n) is 3.81. The number of fused-ring (bicyclic) bond motifs is 1. The molecule has 0 bridgehead atoms. The van der Waals surface area contributed by atoms with Gasteiger partial charge in [0.25, 0.3) is 0 Å². The lowest BCUT2D eigenvalue weighted by Gasteiger charge is -2.39. The third kappa shape index (κ3) is 1.90. The average molecular weight is 251 g/mol. The summed E-state index contributed by atoms with van der Waals surface area (Å²) in [7, 11) is 0. The summed E-state index contributed by atoms with van der Waals surface area (Å²) in [6.45, 7) is 4.79. The second-order valence-electron chi connectivity index (χ2n) is 5.05. The molecule has 2 saturated heterocycles. The number of piperidine rings is 1. The first-order valence-electron chi connectivity index (χ1n) is 6.34. The molecule has 1 aromatic rings. The minimum Gasteiger partial charge on any atom is -0.376 e. The fraction of sp³-hybridized carbons (Fsp3) is 0.750. The van der Waals surface area contributed by atoms with Crippen LogP contribution >= 0.6 is 0 Å². The average Bonchev–Trinajstić information content (AvgIpc) is 2.95. The van der Waals surface area contributed by atoms with Crippen LogP contribution in [-0.4, -0.2) is 46.2 Å². The second kappa shape index (κ2) is 4.35. The van der Waals surface area contributed by atoms with Gasteiger partial charge in [-0.2, -0.15) is 4.98 Å². The van der Waals surface area contributed by atoms with Crippen molar-refractivity contribution in [3.8, 4) is 0 Å². The molecule has 18 heavy (non-hydrogen) atoms. The van der Waals surface area contributed by atoms with Crippen molar-refractivity contribution in [3.63, 3.8) is 0 Å². The normalized spacial score (nSPS) is 31.4. The van der Waals surface area contributed by atoms with Crippen molar-refractivity contribution in [1.82, 2.24) is 15.0 Å². The molecule has 6 heteroatoms. The molecule has 0 unspecified atom stereocenters. The largest absolute Gasteiger partial charge is 0.376 e. The van der Waals surface area contributed by atoms with Gasteiger partial charge in [0, 0.05) is 20.1 Å². The summed E-state index contributed by atoms with van der Waals surface area (Å²) >= 11 is 0. The lowest BCUT2D eigenvalue weighted by molar-refractivity contribution is -0.135. The molecule has 3 rings (SSSR count). The zero-order valence-electron chi connectivity index (χ0n) is 10.6. The molecular formula is C12H17N3O3. The fourth-order valence-electron chi connectivity index (χ4n) is 2.97. The molecule has 3 heterocycles. The van der Waals surface area contributed by atoms with E-state index >= 15 is 0 Å². The molecule has 1 amide bonds. The van der Waals surface area contributed by atoms with Crippen molar-refractivity contribution in [3.05, 3.63) is 11.7 Å². The molecule has 0 saturated carbocycles. The molecule has 6 nitrogen and oxygen atoms in total. The van der Waals surface area contributed by atoms with Gasteiger partial charge in [-0.25, -0.2) is 0 Å². The summed E-state index contributed by atoms with van der Waals surface area (Å²) in [6, 6.07) is 0.225. The number of carbonyl (C=O) groups excluding carboxylic acids is 1. The topological polar surface area (TPSA) is 68.5 Å². The van der Waals surface area contributed by atoms with Crippen molar-refractivity contribution in [2.24, 2.45) is 0 Å². The van der Waals surface area contributed by atoms with Crippen LogP contribution in [0.15, 0.2) is 4.52 Å². The molecule has 0 aliphatic carbocycles. The van der Waals surface area contributed by atoms with Crippen LogP contribution in [0.3, 0.4) is 0 Å². The Kier molecular flexibility index (Phi) is 2.81. The van der Waals surface area contributed by atoms with Gasteiger partial charge in [0.15, 0.2) is 5.82 Å². The highest BCUT2D eigenvalue weighted by atomic mass is 16.5. The summed E-state index contributed by atoms with van der Waals surface area (Å²) < 4.78 is 10.9. The summed E-state index contributed by atoms with van der Waals surface area (Å²) in [5.74, 6) is 1.44. The van der Waals surface area contributed by atoms with Crippen LogP contribution < -0.4 is 0 Å². The van der Waals surface area contributed by atoms with Crippen molar-refractivity contribution in [1.29, 1.82) is 0 Å². The van der Waals surface area contributed by atoms with Crippen LogP contribution in [0, 0.1) is 6.92 Å². The van der Waals surface area contributed by atoms with Gasteiger partial charge in [-0.3, -0.25) is 4.79 Å². The van der Waals surface area contributed by atoms with E-state index in [0.29, 0.717) is 18.3 Å². The van der Waals surface area contributed by atoms with Gasteiger partial charge in [0.1, 0.15) is 0 Å². The van der Waals surface area contributed by atoms with Gasteiger partial charge >= 0.3 is 0 Å². The number of nitrogens with zero attached hydrogens (tertiary/aromatic N) is 3. The first-order valence-corrected chi connectivity index (χ1v) is 6.34. The van der Waals surface area contributed by atoms with Crippen LogP contribution in [0.2, 0.25) is 0 Å². The lowest BCUT2D eigenvalue weighted by Crippen LogP contribution is -2.50. The molecule has 0 spiro atoms. The Morgan fingerprint density at radius 3 is 3.00 bits per heavy atom. The predicted molar refractivity (Wildman–Crippen MR) is 61.9 cm³/mol. The Hall–Kier alpha value is -1.43. The number of likely N-dealkylation sites (tertiary alicyclic amines) is 1. The Bertz CT molecular complexity index is 459. The van der Waals surface area contributed by atoms with Crippen LogP contribution in [-0.2, 0) is 9.53 Å². The number of aromatic nitrogens is 2. The Labute approximate surface area is 105 Å². The quantitative estimate of drug-likeness (QED) is 0.740. The van der Waals surface area contributed by atoms with Crippen LogP contribution in [0.4, 0.5) is 0 Å². The van der Waals surface area contributed by atoms with Gasteiger partial charge in [-0.15, -0.1) is 0 Å². The number of amides is 1. The lowest BCUT2D eigenvalue weighted by atomic mass is 9.90. The fourth-order valence-corrected chi connectivity index (χ4v) is 2.97. The van der Waals surface area contributed by atoms with E-state index in [2.05, 4.69) is 10.1 Å². The molecule has 2 aliphatic rings. The molecule has 0 radical (unpaired) electrons. The molecule has 1 aromatic heterocycles. The Morgan fingerprint density at radius 2 is 2.33 bits per heavy atom. The van der Waals surface area contributed by atoms with Crippen molar-refractivity contribution < 1.29 is 14.1 Å². The highest BCUT2D eigenvalue weighted by Gasteiger charge is 2.43. The molecular weight excluding hydrogens is 234 g/mol. The first-order chi connectivity index (χ1) is 8.65. The Morgan fingerprint density at radius 1 is 1.50 bits per heavy atom. The van der Waals surface area contributed by atoms with Crippen LogP contribution in [0.25, 0.3) is 0 Å². The maximum atomic E-state index is 11.7. The molecule has 98 valence electrons. The first kappa shape index (κ1) is 11.6. The predicted octanol–water partition coefficient (Wildman–Crippen LogP) is 0.871. The standard InChI is InChI=1S/C12H17N3O3/c1-7-13-12(18-14-7)9-5-11-10(3-4-17-11)15(6-9)8(2)16/h9-11H,3-6H2,1-2H3/t9-,10-,11-/m1/s1. The SMILES string of the molecule is CC(=O)N1C[C@H](c2nc(C)no2)C[C@H]2OCC[C@H]21. The van der Waals surface area contributed by atoms with E-state index in [1.807, 2.05) is 4.90 Å². The van der Waals surface area contributed by atoms with Gasteiger partial charge in [-0.1, -0.05) is 5.16 Å². The van der Waals surface area contributed by atoms with Crippen molar-refractivity contribution in [2.75, 3.05) is 13.2 Å². The molecule has 0 aromatic carbocycles. The van der Waals surface area contributed by atoms with Gasteiger partial charge < -0.3 is 14.2 Å². The smallest absolute Gasteiger partial charge is 0.231 e. The number of hydrogen-bond acceptors (Lipinski definition) is 5. The molecule has 2 fully saturated rings. The summed E-state index contributed by atoms with van der Waals surface area (Å²) in [5.41, 5.74) is 0. The van der Waals surface area contributed by atoms with Gasteiger partial charge in [0.2, 0.25) is 11.8 Å². The van der Waals surface area contributed by atoms with E-state index in [0.717, 1.165) is 19.4 Å². The Balaban J connectivity index is 1.83. The number of carbonyl (C=O) groups is 1. The highest BCUT2D eigenvalue weighted by Crippen LogP contribution is 2.35. The van der Waals surface area contributed by atoms with E-state index in [1.54, 1.807) is 13.8 Å². The second-order valence-corrected chi connectivity index (χ2v) is 5.05. The van der Waals surface area contributed by atoms with Gasteiger partial charge in [-0.05, 0) is 19.8 Å². The van der Waals surface area contributed by atoms with E-state index in [-0.39, 0.29) is 24.0 Å². The summed E-state index contributed by atoms with van der Waals surface area (Å²) in [5, 5.41) is 3.82. The van der Waals surface area contributed by atoms with E-state index in [1.165, 1.54) is 0 Å². The monoisotopic (exact) mass is 251 g/mol. The zero-order chi connectivity index (χ0) is 12.7. The van der Waals surface area contributed by atoms with E-state index in [9.17, 15) is 4.79 Å². The van der Waals surface area contributed by atoms with Crippen molar-refractivity contribution in [2.45, 2.75) is 44.8 Å². The minimum atomic E-state index is 0.0921. The van der Waals surface area contributed by atoms with E-state index in [4.69, 9.17) is 9.26 Å². The van der Waals surface area contributed by atoms with Crippen molar-refractivity contribution >= 4 is 5.91 Å². The number of aryl methyl sites for hydroxylation is 1. The maximum Gasteiger partial charge on any atom is 0.231 e. The molecule has 0 N–H and O–H groups in total. The van der Waals surface area contributed by atoms with Crippen LogP contribution in [0.5, 0.6) is 0 Å². The summed E-state index contributed by atoms with van der Waals surface area (Å²) in [6.07, 6.45) is 1.90. The maximum absolute atomic E-state index is 11.7. The minimum absolute atomic E-state index is 0.0921. The van der Waals surface area contributed by atoms with Gasteiger partial charge in [0.05, 0.1) is 18.1 Å². The molecule has 2 aliphatic heterocycles. The highest BCUT2D eigenvalue weighted by molar-refractivity contribution is 5.74. The number of hydrogen-bond donors (Lipinski definition) is 0. The molecule has 3 atom stereocenters. The zero-order valence-corrected chi connectivity index (χ0v) is 10.6. The summed E-state index contributed by atoms with van der Waals surface area (Å²) in [4.78, 5) is 17.9. The number of ether oxygens (including phenoxy) is 1. The third-order valence-corrected chi connectivity index (χ3v) is 3.81.